The number of fused-ring (bicyclic) bond motifs is 1. The van der Waals surface area contributed by atoms with E-state index in [-0.39, 0.29) is 24.0 Å². The van der Waals surface area contributed by atoms with Crippen molar-refractivity contribution in [3.05, 3.63) is 28.9 Å². The first kappa shape index (κ1) is 16.8. The number of carbonyl (C=O) groups is 1. The minimum atomic E-state index is -3.10. The Labute approximate surface area is 148 Å². The Balaban J connectivity index is 1.36. The van der Waals surface area contributed by atoms with Crippen LogP contribution < -0.4 is 0 Å². The lowest BCUT2D eigenvalue weighted by molar-refractivity contribution is -0.133. The van der Waals surface area contributed by atoms with E-state index in [1.54, 1.807) is 6.08 Å². The number of sulfone groups is 1. The van der Waals surface area contributed by atoms with Gasteiger partial charge in [0.2, 0.25) is 5.91 Å². The zero-order valence-electron chi connectivity index (χ0n) is 14.3. The maximum Gasteiger partial charge on any atom is 0.223 e. The summed E-state index contributed by atoms with van der Waals surface area (Å²) >= 11 is 0. The van der Waals surface area contributed by atoms with E-state index in [4.69, 9.17) is 0 Å². The van der Waals surface area contributed by atoms with Crippen molar-refractivity contribution in [2.24, 2.45) is 5.92 Å². The number of hydrogen-bond acceptors (Lipinski definition) is 5. The van der Waals surface area contributed by atoms with Crippen molar-refractivity contribution >= 4 is 15.7 Å². The van der Waals surface area contributed by atoms with Crippen LogP contribution >= 0.6 is 0 Å². The molecular weight excluding hydrogens is 340 g/mol. The van der Waals surface area contributed by atoms with E-state index in [2.05, 4.69) is 16.1 Å². The van der Waals surface area contributed by atoms with E-state index in [9.17, 15) is 13.2 Å². The Kier molecular flexibility index (Phi) is 4.41. The second-order valence-corrected chi connectivity index (χ2v) is 9.20. The molecule has 0 N–H and O–H groups in total. The van der Waals surface area contributed by atoms with Gasteiger partial charge in [-0.05, 0) is 32.0 Å². The van der Waals surface area contributed by atoms with E-state index in [0.717, 1.165) is 31.0 Å². The maximum absolute atomic E-state index is 12.5. The van der Waals surface area contributed by atoms with E-state index in [0.29, 0.717) is 19.6 Å². The number of hydrogen-bond donors (Lipinski definition) is 0. The Bertz CT molecular complexity index is 793. The Morgan fingerprint density at radius 1 is 1.20 bits per heavy atom. The van der Waals surface area contributed by atoms with Crippen LogP contribution in [-0.2, 0) is 34.3 Å². The second-order valence-electron chi connectivity index (χ2n) is 7.27. The second kappa shape index (κ2) is 6.57. The molecule has 1 aromatic heterocycles. The average molecular weight is 364 g/mol. The van der Waals surface area contributed by atoms with E-state index in [1.165, 1.54) is 18.2 Å². The van der Waals surface area contributed by atoms with Crippen LogP contribution in [0.3, 0.4) is 0 Å². The highest BCUT2D eigenvalue weighted by atomic mass is 32.2. The van der Waals surface area contributed by atoms with Crippen molar-refractivity contribution in [2.45, 2.75) is 38.9 Å². The van der Waals surface area contributed by atoms with Crippen LogP contribution in [0.1, 0.15) is 30.7 Å². The smallest absolute Gasteiger partial charge is 0.223 e. The summed E-state index contributed by atoms with van der Waals surface area (Å²) in [6.07, 6.45) is 4.45. The zero-order chi connectivity index (χ0) is 17.4. The van der Waals surface area contributed by atoms with E-state index in [1.807, 2.05) is 9.58 Å². The number of amides is 1. The third kappa shape index (κ3) is 3.79. The molecule has 8 heteroatoms. The maximum atomic E-state index is 12.5. The van der Waals surface area contributed by atoms with Crippen LogP contribution in [0.25, 0.3) is 0 Å². The Morgan fingerprint density at radius 3 is 2.72 bits per heavy atom. The summed E-state index contributed by atoms with van der Waals surface area (Å²) in [6.45, 7) is 5.09. The van der Waals surface area contributed by atoms with Gasteiger partial charge in [0.1, 0.15) is 0 Å². The summed E-state index contributed by atoms with van der Waals surface area (Å²) in [5.41, 5.74) is 2.15. The molecule has 0 aromatic carbocycles. The van der Waals surface area contributed by atoms with Crippen molar-refractivity contribution < 1.29 is 13.2 Å². The molecule has 1 aromatic rings. The van der Waals surface area contributed by atoms with Gasteiger partial charge in [0.25, 0.3) is 0 Å². The highest BCUT2D eigenvalue weighted by Crippen LogP contribution is 2.22. The summed E-state index contributed by atoms with van der Waals surface area (Å²) < 4.78 is 25.0. The van der Waals surface area contributed by atoms with Gasteiger partial charge in [0.05, 0.1) is 30.2 Å². The molecule has 7 nitrogen and oxygen atoms in total. The van der Waals surface area contributed by atoms with Crippen molar-refractivity contribution in [1.82, 2.24) is 19.6 Å². The summed E-state index contributed by atoms with van der Waals surface area (Å²) in [5.74, 6) is -0.0971. The number of aromatic nitrogens is 2. The third-order valence-corrected chi connectivity index (χ3v) is 6.69. The molecule has 4 heterocycles. The normalized spacial score (nSPS) is 25.4. The van der Waals surface area contributed by atoms with Crippen LogP contribution in [0.4, 0.5) is 0 Å². The van der Waals surface area contributed by atoms with Gasteiger partial charge in [-0.25, -0.2) is 8.42 Å². The molecule has 0 radical (unpaired) electrons. The van der Waals surface area contributed by atoms with Gasteiger partial charge in [0.15, 0.2) is 9.84 Å². The predicted octanol–water partition coefficient (Wildman–Crippen LogP) is 0.769. The highest BCUT2D eigenvalue weighted by molar-refractivity contribution is 7.94. The first-order valence-electron chi connectivity index (χ1n) is 8.95. The minimum Gasteiger partial charge on any atom is -0.335 e. The molecule has 3 aliphatic heterocycles. The van der Waals surface area contributed by atoms with Gasteiger partial charge in [-0.1, -0.05) is 6.08 Å². The van der Waals surface area contributed by atoms with Crippen molar-refractivity contribution in [2.75, 3.05) is 25.4 Å². The molecule has 0 bridgehead atoms. The molecule has 0 aliphatic carbocycles. The van der Waals surface area contributed by atoms with Crippen LogP contribution in [0.5, 0.6) is 0 Å². The zero-order valence-corrected chi connectivity index (χ0v) is 15.1. The molecular formula is C17H24N4O3S. The number of rotatable bonds is 4. The lowest BCUT2D eigenvalue weighted by Gasteiger charge is -2.28. The van der Waals surface area contributed by atoms with Gasteiger partial charge in [-0.3, -0.25) is 14.4 Å². The number of allylic oxidation sites excluding steroid dienone is 1. The van der Waals surface area contributed by atoms with Crippen LogP contribution in [0, 0.1) is 5.92 Å². The summed E-state index contributed by atoms with van der Waals surface area (Å²) in [5, 5.41) is 5.91. The molecule has 1 saturated heterocycles. The molecule has 4 rings (SSSR count). The molecule has 3 aliphatic rings. The van der Waals surface area contributed by atoms with Gasteiger partial charge < -0.3 is 4.90 Å². The fraction of sp³-hybridized carbons (Fsp3) is 0.647. The van der Waals surface area contributed by atoms with Crippen LogP contribution in [0.2, 0.25) is 0 Å². The minimum absolute atomic E-state index is 0.0280. The number of nitrogens with zero attached hydrogens (tertiary/aromatic N) is 4. The van der Waals surface area contributed by atoms with Crippen LogP contribution in [0.15, 0.2) is 17.6 Å². The topological polar surface area (TPSA) is 75.5 Å². The van der Waals surface area contributed by atoms with Crippen molar-refractivity contribution in [3.8, 4) is 0 Å². The monoisotopic (exact) mass is 364 g/mol. The first-order chi connectivity index (χ1) is 12.0. The Morgan fingerprint density at radius 2 is 2.00 bits per heavy atom. The van der Waals surface area contributed by atoms with E-state index < -0.39 is 9.84 Å². The lowest BCUT2D eigenvalue weighted by atomic mass is 10.1. The quantitative estimate of drug-likeness (QED) is 0.789. The van der Waals surface area contributed by atoms with Gasteiger partial charge in [-0.2, -0.15) is 5.10 Å². The molecule has 0 saturated carbocycles. The molecule has 1 unspecified atom stereocenters. The molecule has 25 heavy (non-hydrogen) atoms. The van der Waals surface area contributed by atoms with Gasteiger partial charge in [-0.15, -0.1) is 0 Å². The van der Waals surface area contributed by atoms with Crippen LogP contribution in [-0.4, -0.2) is 59.3 Å². The molecule has 1 fully saturated rings. The van der Waals surface area contributed by atoms with Gasteiger partial charge in [0, 0.05) is 30.8 Å². The fourth-order valence-electron chi connectivity index (χ4n) is 3.91. The summed E-state index contributed by atoms with van der Waals surface area (Å²) in [7, 11) is -3.10. The summed E-state index contributed by atoms with van der Waals surface area (Å²) in [4.78, 5) is 16.8. The van der Waals surface area contributed by atoms with Gasteiger partial charge >= 0.3 is 0 Å². The third-order valence-electron chi connectivity index (χ3n) is 5.23. The average Bonchev–Trinajstić information content (AvgIpc) is 3.27. The summed E-state index contributed by atoms with van der Waals surface area (Å²) in [6, 6.07) is 2.11. The van der Waals surface area contributed by atoms with Crippen molar-refractivity contribution in [1.29, 1.82) is 0 Å². The highest BCUT2D eigenvalue weighted by Gasteiger charge is 2.28. The number of carbonyl (C=O) groups excluding carboxylic acids is 1. The Hall–Kier alpha value is -1.67. The predicted molar refractivity (Wildman–Crippen MR) is 93.2 cm³/mol. The molecule has 1 amide bonds. The standard InChI is InChI=1S/C17H24N4O3S/c22-17(9-14-3-8-25(23,24)13-14)20-6-7-21-16(12-20)10-15(18-21)11-19-4-1-2-5-19/h3,8,10,14H,1-2,4-7,9,11-13H2. The molecule has 1 atom stereocenters. The van der Waals surface area contributed by atoms with Crippen molar-refractivity contribution in [3.63, 3.8) is 0 Å². The molecule has 136 valence electrons. The fourth-order valence-corrected chi connectivity index (χ4v) is 5.31. The lowest BCUT2D eigenvalue weighted by Crippen LogP contribution is -2.39. The molecule has 0 spiro atoms. The largest absolute Gasteiger partial charge is 0.335 e. The SMILES string of the molecule is O=C(CC1C=CS(=O)(=O)C1)N1CCn2nc(CN3CCCC3)cc2C1. The first-order valence-corrected chi connectivity index (χ1v) is 10.7. The van der Waals surface area contributed by atoms with E-state index >= 15 is 0 Å². The number of likely N-dealkylation sites (tertiary alicyclic amines) is 1.